The molecule has 160 valence electrons. The second-order valence-electron chi connectivity index (χ2n) is 8.29. The summed E-state index contributed by atoms with van der Waals surface area (Å²) in [6.45, 7) is 8.18. The Bertz CT molecular complexity index is 938. The number of carbonyl (C=O) groups is 1. The zero-order chi connectivity index (χ0) is 21.4. The van der Waals surface area contributed by atoms with Crippen molar-refractivity contribution in [1.82, 2.24) is 10.3 Å². The van der Waals surface area contributed by atoms with E-state index in [0.29, 0.717) is 12.4 Å². The van der Waals surface area contributed by atoms with E-state index in [1.54, 1.807) is 0 Å². The zero-order valence-corrected chi connectivity index (χ0v) is 19.5. The highest BCUT2D eigenvalue weighted by Gasteiger charge is 2.18. The quantitative estimate of drug-likeness (QED) is 0.387. The molecule has 0 unspecified atom stereocenters. The molecule has 1 aliphatic rings. The summed E-state index contributed by atoms with van der Waals surface area (Å²) in [6.07, 6.45) is 2.45. The molecule has 1 aliphatic heterocycles. The molecule has 1 saturated heterocycles. The number of hydrogen-bond donors (Lipinski definition) is 1. The highest BCUT2D eigenvalue weighted by atomic mass is 32.2. The highest BCUT2D eigenvalue weighted by Crippen LogP contribution is 2.32. The number of ether oxygens (including phenoxy) is 1. The predicted molar refractivity (Wildman–Crippen MR) is 127 cm³/mol. The molecule has 1 aromatic heterocycles. The molecule has 2 aromatic carbocycles. The molecule has 1 N–H and O–H groups in total. The molecule has 0 radical (unpaired) electrons. The number of aromatic nitrogens is 1. The standard InChI is InChI=1S/C19H20N2S2.C5H10O2/c1-2-6-17-14(4-1)5-3-7-18(17)22-12-16-13-23-19(21-16)15-8-10-20-11-9-15;1-5(2,3)7-4-6/h1-7,13,15,20H,8-12H2;4H,1-3H3. The van der Waals surface area contributed by atoms with E-state index in [-0.39, 0.29) is 5.60 Å². The van der Waals surface area contributed by atoms with Crippen LogP contribution in [0.3, 0.4) is 0 Å². The number of benzene rings is 2. The third-order valence-corrected chi connectivity index (χ3v) is 6.95. The first-order valence-corrected chi connectivity index (χ1v) is 12.2. The lowest BCUT2D eigenvalue weighted by Gasteiger charge is -2.20. The Morgan fingerprint density at radius 3 is 2.60 bits per heavy atom. The van der Waals surface area contributed by atoms with Gasteiger partial charge in [-0.25, -0.2) is 4.98 Å². The number of carbonyl (C=O) groups excluding carboxylic acids is 1. The fourth-order valence-electron chi connectivity index (χ4n) is 3.26. The van der Waals surface area contributed by atoms with Crippen LogP contribution in [-0.2, 0) is 15.3 Å². The summed E-state index contributed by atoms with van der Waals surface area (Å²) in [6, 6.07) is 15.1. The summed E-state index contributed by atoms with van der Waals surface area (Å²) in [5.41, 5.74) is 0.906. The Morgan fingerprint density at radius 2 is 1.90 bits per heavy atom. The van der Waals surface area contributed by atoms with E-state index < -0.39 is 0 Å². The van der Waals surface area contributed by atoms with Crippen LogP contribution in [0.5, 0.6) is 0 Å². The monoisotopic (exact) mass is 442 g/mol. The van der Waals surface area contributed by atoms with Crippen LogP contribution in [0.4, 0.5) is 0 Å². The van der Waals surface area contributed by atoms with Gasteiger partial charge in [-0.2, -0.15) is 0 Å². The molecule has 2 heterocycles. The van der Waals surface area contributed by atoms with Gasteiger partial charge in [0.05, 0.1) is 10.7 Å². The molecule has 0 atom stereocenters. The van der Waals surface area contributed by atoms with Gasteiger partial charge in [0.15, 0.2) is 0 Å². The minimum absolute atomic E-state index is 0.318. The van der Waals surface area contributed by atoms with E-state index in [0.717, 1.165) is 18.8 Å². The van der Waals surface area contributed by atoms with Gasteiger partial charge in [0.25, 0.3) is 6.47 Å². The predicted octanol–water partition coefficient (Wildman–Crippen LogP) is 6.01. The molecular weight excluding hydrogens is 412 g/mol. The Hall–Kier alpha value is -1.89. The molecule has 30 heavy (non-hydrogen) atoms. The molecule has 6 heteroatoms. The molecule has 0 bridgehead atoms. The van der Waals surface area contributed by atoms with Gasteiger partial charge in [0.2, 0.25) is 0 Å². The van der Waals surface area contributed by atoms with Crippen LogP contribution >= 0.6 is 23.1 Å². The van der Waals surface area contributed by atoms with Crippen molar-refractivity contribution < 1.29 is 9.53 Å². The van der Waals surface area contributed by atoms with E-state index >= 15 is 0 Å². The normalized spacial score (nSPS) is 14.8. The van der Waals surface area contributed by atoms with Crippen LogP contribution in [0.2, 0.25) is 0 Å². The topological polar surface area (TPSA) is 51.2 Å². The van der Waals surface area contributed by atoms with Crippen molar-refractivity contribution in [3.8, 4) is 0 Å². The average molecular weight is 443 g/mol. The smallest absolute Gasteiger partial charge is 0.293 e. The fraction of sp³-hybridized carbons (Fsp3) is 0.417. The van der Waals surface area contributed by atoms with Crippen LogP contribution in [-0.4, -0.2) is 30.1 Å². The Kier molecular flexibility index (Phi) is 8.31. The van der Waals surface area contributed by atoms with Gasteiger partial charge in [-0.3, -0.25) is 4.79 Å². The maximum Gasteiger partial charge on any atom is 0.293 e. The molecule has 0 amide bonds. The summed E-state index contributed by atoms with van der Waals surface area (Å²) in [7, 11) is 0. The summed E-state index contributed by atoms with van der Waals surface area (Å²) >= 11 is 3.74. The zero-order valence-electron chi connectivity index (χ0n) is 17.9. The summed E-state index contributed by atoms with van der Waals surface area (Å²) in [5.74, 6) is 1.62. The number of thioether (sulfide) groups is 1. The lowest BCUT2D eigenvalue weighted by Crippen LogP contribution is -2.26. The van der Waals surface area contributed by atoms with Gasteiger partial charge < -0.3 is 10.1 Å². The highest BCUT2D eigenvalue weighted by molar-refractivity contribution is 7.98. The summed E-state index contributed by atoms with van der Waals surface area (Å²) in [5, 5.41) is 9.66. The van der Waals surface area contributed by atoms with Gasteiger partial charge in [-0.05, 0) is 63.5 Å². The van der Waals surface area contributed by atoms with Crippen LogP contribution in [0.15, 0.2) is 52.7 Å². The van der Waals surface area contributed by atoms with Gasteiger partial charge >= 0.3 is 0 Å². The van der Waals surface area contributed by atoms with E-state index in [9.17, 15) is 4.79 Å². The second-order valence-corrected chi connectivity index (χ2v) is 10.2. The molecule has 3 aromatic rings. The molecule has 0 saturated carbocycles. The fourth-order valence-corrected chi connectivity index (χ4v) is 5.33. The molecule has 1 fully saturated rings. The second kappa shape index (κ2) is 10.9. The van der Waals surface area contributed by atoms with Crippen LogP contribution in [0.25, 0.3) is 10.8 Å². The van der Waals surface area contributed by atoms with Crippen LogP contribution in [0.1, 0.15) is 50.2 Å². The third kappa shape index (κ3) is 6.83. The van der Waals surface area contributed by atoms with Crippen molar-refractivity contribution >= 4 is 40.3 Å². The van der Waals surface area contributed by atoms with Gasteiger partial charge in [0.1, 0.15) is 5.60 Å². The lowest BCUT2D eigenvalue weighted by molar-refractivity contribution is -0.138. The molecule has 4 nitrogen and oxygen atoms in total. The van der Waals surface area contributed by atoms with E-state index in [1.165, 1.54) is 39.2 Å². The first kappa shape index (κ1) is 22.8. The SMILES string of the molecule is CC(C)(C)OC=O.c1ccc2c(SCc3csc(C4CCNCC4)n3)cccc2c1. The largest absolute Gasteiger partial charge is 0.462 e. The summed E-state index contributed by atoms with van der Waals surface area (Å²) in [4.78, 5) is 15.8. The van der Waals surface area contributed by atoms with Crippen LogP contribution < -0.4 is 5.32 Å². The Balaban J connectivity index is 0.000000318. The Morgan fingerprint density at radius 1 is 1.17 bits per heavy atom. The summed E-state index contributed by atoms with van der Waals surface area (Å²) < 4.78 is 4.55. The number of piperidine rings is 1. The maximum absolute atomic E-state index is 9.60. The van der Waals surface area contributed by atoms with E-state index in [4.69, 9.17) is 4.98 Å². The molecular formula is C24H30N2O2S2. The maximum atomic E-state index is 9.60. The van der Waals surface area contributed by atoms with E-state index in [1.807, 2.05) is 43.9 Å². The van der Waals surface area contributed by atoms with Crippen molar-refractivity contribution in [2.75, 3.05) is 13.1 Å². The van der Waals surface area contributed by atoms with Crippen molar-refractivity contribution in [3.05, 3.63) is 58.5 Å². The number of nitrogens with zero attached hydrogens (tertiary/aromatic N) is 1. The van der Waals surface area contributed by atoms with Crippen molar-refractivity contribution in [2.24, 2.45) is 0 Å². The number of nitrogens with one attached hydrogen (secondary N) is 1. The van der Waals surface area contributed by atoms with Crippen LogP contribution in [0, 0.1) is 0 Å². The number of rotatable bonds is 5. The first-order chi connectivity index (χ1) is 14.5. The van der Waals surface area contributed by atoms with Crippen molar-refractivity contribution in [3.63, 3.8) is 0 Å². The number of fused-ring (bicyclic) bond motifs is 1. The third-order valence-electron chi connectivity index (χ3n) is 4.78. The molecule has 4 rings (SSSR count). The molecule has 0 aliphatic carbocycles. The number of hydrogen-bond acceptors (Lipinski definition) is 6. The lowest BCUT2D eigenvalue weighted by atomic mass is 9.99. The van der Waals surface area contributed by atoms with Crippen molar-refractivity contribution in [1.29, 1.82) is 0 Å². The van der Waals surface area contributed by atoms with E-state index in [2.05, 4.69) is 57.9 Å². The van der Waals surface area contributed by atoms with Gasteiger partial charge in [-0.1, -0.05) is 36.4 Å². The minimum atomic E-state index is -0.318. The van der Waals surface area contributed by atoms with Gasteiger partial charge in [-0.15, -0.1) is 23.1 Å². The first-order valence-electron chi connectivity index (χ1n) is 10.3. The van der Waals surface area contributed by atoms with Gasteiger partial charge in [0, 0.05) is 21.9 Å². The minimum Gasteiger partial charge on any atom is -0.462 e. The Labute approximate surface area is 187 Å². The van der Waals surface area contributed by atoms with Crippen molar-refractivity contribution in [2.45, 2.75) is 55.8 Å². The number of thiazole rings is 1. The average Bonchev–Trinajstić information content (AvgIpc) is 3.22. The molecule has 0 spiro atoms.